The van der Waals surface area contributed by atoms with E-state index >= 15 is 0 Å². The second-order valence-electron chi connectivity index (χ2n) is 8.20. The van der Waals surface area contributed by atoms with Crippen LogP contribution in [0.4, 0.5) is 15.8 Å². The van der Waals surface area contributed by atoms with Crippen LogP contribution in [0, 0.1) is 11.7 Å². The van der Waals surface area contributed by atoms with Gasteiger partial charge in [-0.1, -0.05) is 6.07 Å². The Balaban J connectivity index is 1.44. The molecule has 1 unspecified atom stereocenters. The van der Waals surface area contributed by atoms with Crippen molar-refractivity contribution in [1.29, 1.82) is 0 Å². The zero-order valence-electron chi connectivity index (χ0n) is 17.7. The van der Waals surface area contributed by atoms with Gasteiger partial charge in [0.25, 0.3) is 0 Å². The molecule has 0 aromatic heterocycles. The molecule has 2 aliphatic rings. The summed E-state index contributed by atoms with van der Waals surface area (Å²) < 4.78 is 40.3. The fourth-order valence-electron chi connectivity index (χ4n) is 4.21. The average Bonchev–Trinajstić information content (AvgIpc) is 2.80. The van der Waals surface area contributed by atoms with Crippen molar-refractivity contribution in [2.45, 2.75) is 37.0 Å². The van der Waals surface area contributed by atoms with E-state index < -0.39 is 21.8 Å². The first kappa shape index (κ1) is 22.4. The molecule has 1 N–H and O–H groups in total. The largest absolute Gasteiger partial charge is 0.326 e. The van der Waals surface area contributed by atoms with Gasteiger partial charge in [-0.3, -0.25) is 9.59 Å². The van der Waals surface area contributed by atoms with Gasteiger partial charge in [0.2, 0.25) is 21.8 Å². The summed E-state index contributed by atoms with van der Waals surface area (Å²) in [6.45, 7) is 1.04. The van der Waals surface area contributed by atoms with Crippen LogP contribution in [-0.2, 0) is 19.6 Å². The van der Waals surface area contributed by atoms with Crippen LogP contribution in [0.25, 0.3) is 0 Å². The summed E-state index contributed by atoms with van der Waals surface area (Å²) in [6.07, 6.45) is 3.50. The Morgan fingerprint density at radius 2 is 1.81 bits per heavy atom. The van der Waals surface area contributed by atoms with Crippen molar-refractivity contribution >= 4 is 33.2 Å². The lowest BCUT2D eigenvalue weighted by Gasteiger charge is -2.31. The van der Waals surface area contributed by atoms with E-state index in [2.05, 4.69) is 5.32 Å². The van der Waals surface area contributed by atoms with E-state index in [1.54, 1.807) is 23.1 Å². The minimum absolute atomic E-state index is 0.0128. The number of piperidine rings is 2. The zero-order chi connectivity index (χ0) is 22.7. The molecule has 2 amide bonds. The first-order valence-corrected chi connectivity index (χ1v) is 12.3. The first-order valence-electron chi connectivity index (χ1n) is 10.8. The molecule has 2 fully saturated rings. The Bertz CT molecular complexity index is 1100. The summed E-state index contributed by atoms with van der Waals surface area (Å²) in [7, 11) is -3.80. The molecule has 9 heteroatoms. The molecule has 4 rings (SSSR count). The highest BCUT2D eigenvalue weighted by atomic mass is 32.2. The van der Waals surface area contributed by atoms with Crippen LogP contribution < -0.4 is 10.2 Å². The fraction of sp³-hybridized carbons (Fsp3) is 0.391. The smallest absolute Gasteiger partial charge is 0.243 e. The molecule has 2 aliphatic heterocycles. The second kappa shape index (κ2) is 9.38. The summed E-state index contributed by atoms with van der Waals surface area (Å²) in [5.74, 6) is -1.19. The van der Waals surface area contributed by atoms with Gasteiger partial charge in [-0.25, -0.2) is 12.8 Å². The van der Waals surface area contributed by atoms with Crippen LogP contribution in [-0.4, -0.2) is 44.2 Å². The summed E-state index contributed by atoms with van der Waals surface area (Å²) in [5.41, 5.74) is 1.32. The van der Waals surface area contributed by atoms with Crippen LogP contribution in [0.3, 0.4) is 0 Å². The number of rotatable bonds is 5. The van der Waals surface area contributed by atoms with E-state index in [4.69, 9.17) is 0 Å². The van der Waals surface area contributed by atoms with E-state index in [1.165, 1.54) is 16.4 Å². The monoisotopic (exact) mass is 459 g/mol. The summed E-state index contributed by atoms with van der Waals surface area (Å²) in [6, 6.07) is 11.9. The third kappa shape index (κ3) is 4.83. The third-order valence-corrected chi connectivity index (χ3v) is 7.83. The minimum Gasteiger partial charge on any atom is -0.326 e. The van der Waals surface area contributed by atoms with E-state index in [1.807, 2.05) is 6.07 Å². The van der Waals surface area contributed by atoms with Crippen LogP contribution in [0.5, 0.6) is 0 Å². The van der Waals surface area contributed by atoms with Crippen LogP contribution in [0.2, 0.25) is 0 Å². The van der Waals surface area contributed by atoms with Crippen LogP contribution in [0.1, 0.15) is 32.1 Å². The highest BCUT2D eigenvalue weighted by Crippen LogP contribution is 2.27. The van der Waals surface area contributed by atoms with Crippen molar-refractivity contribution in [2.75, 3.05) is 29.9 Å². The predicted octanol–water partition coefficient (Wildman–Crippen LogP) is 3.38. The molecule has 170 valence electrons. The second-order valence-corrected chi connectivity index (χ2v) is 10.1. The molecule has 0 bridgehead atoms. The number of amides is 2. The highest BCUT2D eigenvalue weighted by Gasteiger charge is 2.33. The summed E-state index contributed by atoms with van der Waals surface area (Å²) >= 11 is 0. The van der Waals surface area contributed by atoms with Gasteiger partial charge >= 0.3 is 0 Å². The summed E-state index contributed by atoms with van der Waals surface area (Å²) in [5, 5.41) is 2.88. The molecular weight excluding hydrogens is 433 g/mol. The molecule has 7 nitrogen and oxygen atoms in total. The standard InChI is InChI=1S/C23H26FN3O4S/c24-18-9-11-21(12-10-18)32(30,31)26-13-4-5-17(16-26)23(29)25-19-6-3-7-20(15-19)27-14-2-1-8-22(27)28/h3,6-7,9-12,15,17H,1-2,4-5,8,13-14,16H2,(H,25,29). The number of halogens is 1. The number of carbonyl (C=O) groups is 2. The summed E-state index contributed by atoms with van der Waals surface area (Å²) in [4.78, 5) is 26.9. The van der Waals surface area contributed by atoms with Crippen molar-refractivity contribution in [1.82, 2.24) is 4.31 Å². The maximum Gasteiger partial charge on any atom is 0.243 e. The van der Waals surface area contributed by atoms with Crippen LogP contribution in [0.15, 0.2) is 53.4 Å². The van der Waals surface area contributed by atoms with Gasteiger partial charge in [-0.15, -0.1) is 0 Å². The van der Waals surface area contributed by atoms with Gasteiger partial charge < -0.3 is 10.2 Å². The number of nitrogens with one attached hydrogen (secondary N) is 1. The van der Waals surface area contributed by atoms with Crippen molar-refractivity contribution in [3.05, 3.63) is 54.3 Å². The maximum absolute atomic E-state index is 13.2. The van der Waals surface area contributed by atoms with Crippen molar-refractivity contribution in [3.8, 4) is 0 Å². The fourth-order valence-corrected chi connectivity index (χ4v) is 5.73. The predicted molar refractivity (Wildman–Crippen MR) is 119 cm³/mol. The van der Waals surface area contributed by atoms with Crippen molar-refractivity contribution in [3.63, 3.8) is 0 Å². The molecule has 2 heterocycles. The van der Waals surface area contributed by atoms with Gasteiger partial charge in [-0.2, -0.15) is 4.31 Å². The maximum atomic E-state index is 13.2. The van der Waals surface area contributed by atoms with E-state index in [0.29, 0.717) is 38.0 Å². The molecule has 2 aromatic carbocycles. The lowest BCUT2D eigenvalue weighted by Crippen LogP contribution is -2.43. The zero-order valence-corrected chi connectivity index (χ0v) is 18.5. The van der Waals surface area contributed by atoms with Crippen molar-refractivity contribution in [2.24, 2.45) is 5.92 Å². The van der Waals surface area contributed by atoms with Gasteiger partial charge in [0.1, 0.15) is 5.82 Å². The molecule has 0 aliphatic carbocycles. The molecule has 0 saturated carbocycles. The number of nitrogens with zero attached hydrogens (tertiary/aromatic N) is 2. The van der Waals surface area contributed by atoms with Gasteiger partial charge in [-0.05, 0) is 68.1 Å². The van der Waals surface area contributed by atoms with E-state index in [0.717, 1.165) is 30.7 Å². The molecular formula is C23H26FN3O4S. The lowest BCUT2D eigenvalue weighted by molar-refractivity contribution is -0.121. The number of hydrogen-bond donors (Lipinski definition) is 1. The normalized spacial score (nSPS) is 20.2. The average molecular weight is 460 g/mol. The Kier molecular flexibility index (Phi) is 6.57. The first-order chi connectivity index (χ1) is 15.3. The van der Waals surface area contributed by atoms with E-state index in [9.17, 15) is 22.4 Å². The molecule has 2 saturated heterocycles. The number of sulfonamides is 1. The number of hydrogen-bond acceptors (Lipinski definition) is 4. The Morgan fingerprint density at radius 1 is 1.03 bits per heavy atom. The van der Waals surface area contributed by atoms with E-state index in [-0.39, 0.29) is 23.3 Å². The molecule has 0 radical (unpaired) electrons. The van der Waals surface area contributed by atoms with Gasteiger partial charge in [0.15, 0.2) is 0 Å². The molecule has 32 heavy (non-hydrogen) atoms. The quantitative estimate of drug-likeness (QED) is 0.743. The number of benzene rings is 2. The van der Waals surface area contributed by atoms with Gasteiger partial charge in [0, 0.05) is 37.4 Å². The molecule has 0 spiro atoms. The highest BCUT2D eigenvalue weighted by molar-refractivity contribution is 7.89. The molecule has 1 atom stereocenters. The Hall–Kier alpha value is -2.78. The van der Waals surface area contributed by atoms with Crippen LogP contribution >= 0.6 is 0 Å². The number of carbonyl (C=O) groups excluding carboxylic acids is 2. The van der Waals surface area contributed by atoms with Crippen molar-refractivity contribution < 1.29 is 22.4 Å². The Morgan fingerprint density at radius 3 is 2.56 bits per heavy atom. The van der Waals surface area contributed by atoms with Gasteiger partial charge in [0.05, 0.1) is 10.8 Å². The SMILES string of the molecule is O=C(Nc1cccc(N2CCCCC2=O)c1)C1CCCN(S(=O)(=O)c2ccc(F)cc2)C1. The Labute approximate surface area is 187 Å². The third-order valence-electron chi connectivity index (χ3n) is 5.96. The lowest BCUT2D eigenvalue weighted by atomic mass is 9.98. The minimum atomic E-state index is -3.80. The number of anilines is 2. The molecule has 2 aromatic rings. The topological polar surface area (TPSA) is 86.8 Å².